The smallest absolute Gasteiger partial charge is 0.252 e. The highest BCUT2D eigenvalue weighted by Crippen LogP contribution is 2.36. The first kappa shape index (κ1) is 10.6. The molecule has 0 bridgehead atoms. The average molecular weight is 223 g/mol. The third-order valence-corrected chi connectivity index (χ3v) is 1.48. The molecule has 4 nitrogen and oxygen atoms in total. The van der Waals surface area contributed by atoms with Gasteiger partial charge in [-0.15, -0.1) is 0 Å². The molecule has 1 rings (SSSR count). The highest BCUT2D eigenvalue weighted by atomic mass is 35.5. The predicted octanol–water partition coefficient (Wildman–Crippen LogP) is 3.70. The molecule has 74 valence electrons. The Hall–Kier alpha value is -1.46. The maximum atomic E-state index is 12.3. The fraction of sp³-hybridized carbons (Fsp3) is 0.167. The molecule has 0 unspecified atom stereocenters. The summed E-state index contributed by atoms with van der Waals surface area (Å²) < 4.78 is 36.8. The topological polar surface area (TPSA) is 61.7 Å². The van der Waals surface area contributed by atoms with Gasteiger partial charge in [-0.2, -0.15) is 13.2 Å². The first-order valence-electron chi connectivity index (χ1n) is 3.23. The Balaban J connectivity index is 3.37. The van der Waals surface area contributed by atoms with Crippen LogP contribution >= 0.6 is 11.6 Å². The molecule has 0 aliphatic heterocycles. The van der Waals surface area contributed by atoms with Crippen molar-refractivity contribution in [2.75, 3.05) is 0 Å². The Bertz CT molecular complexity index is 397. The number of hydrogen-bond acceptors (Lipinski definition) is 2. The molecular weight excluding hydrogens is 221 g/mol. The summed E-state index contributed by atoms with van der Waals surface area (Å²) in [5, 5.41) is 2.63. The van der Waals surface area contributed by atoms with E-state index >= 15 is 0 Å². The normalized spacial score (nSPS) is 10.9. The van der Waals surface area contributed by atoms with Crippen LogP contribution in [-0.4, -0.2) is 4.98 Å². The van der Waals surface area contributed by atoms with E-state index in [2.05, 4.69) is 15.0 Å². The van der Waals surface area contributed by atoms with Crippen molar-refractivity contribution in [3.63, 3.8) is 0 Å². The van der Waals surface area contributed by atoms with Gasteiger partial charge < -0.3 is 0 Å². The van der Waals surface area contributed by atoms with E-state index in [9.17, 15) is 13.2 Å². The lowest BCUT2D eigenvalue weighted by Gasteiger charge is -2.08. The quantitative estimate of drug-likeness (QED) is 0.406. The van der Waals surface area contributed by atoms with Crippen molar-refractivity contribution in [3.8, 4) is 0 Å². The van der Waals surface area contributed by atoms with Crippen molar-refractivity contribution in [2.24, 2.45) is 5.11 Å². The van der Waals surface area contributed by atoms with Crippen molar-refractivity contribution in [1.82, 2.24) is 4.98 Å². The molecule has 1 aromatic rings. The molecule has 0 aliphatic carbocycles. The fourth-order valence-corrected chi connectivity index (χ4v) is 0.921. The Morgan fingerprint density at radius 3 is 2.64 bits per heavy atom. The minimum absolute atomic E-state index is 0.172. The van der Waals surface area contributed by atoms with Crippen molar-refractivity contribution in [2.45, 2.75) is 6.18 Å². The number of azide groups is 1. The first-order valence-corrected chi connectivity index (χ1v) is 3.61. The van der Waals surface area contributed by atoms with E-state index in [1.54, 1.807) is 0 Å². The molecule has 0 spiro atoms. The second-order valence-corrected chi connectivity index (χ2v) is 2.65. The molecule has 0 radical (unpaired) electrons. The van der Waals surface area contributed by atoms with Gasteiger partial charge >= 0.3 is 6.18 Å². The van der Waals surface area contributed by atoms with Gasteiger partial charge in [-0.25, -0.2) is 0 Å². The second kappa shape index (κ2) is 3.73. The number of rotatable bonds is 1. The zero-order valence-corrected chi connectivity index (χ0v) is 7.21. The lowest BCUT2D eigenvalue weighted by molar-refractivity contribution is -0.137. The van der Waals surface area contributed by atoms with Crippen molar-refractivity contribution in [3.05, 3.63) is 33.3 Å². The summed E-state index contributed by atoms with van der Waals surface area (Å²) in [4.78, 5) is 5.49. The van der Waals surface area contributed by atoms with E-state index in [0.717, 1.165) is 6.20 Å². The molecule has 0 N–H and O–H groups in total. The number of pyridine rings is 1. The van der Waals surface area contributed by atoms with Gasteiger partial charge in [0.25, 0.3) is 0 Å². The number of hydrogen-bond donors (Lipinski definition) is 0. The molecule has 0 atom stereocenters. The third-order valence-electron chi connectivity index (χ3n) is 1.28. The standard InChI is InChI=1S/C6H2ClF3N4/c7-3-1-4(6(8,9)10)5(12-2-3)13-14-11/h1-2H. The highest BCUT2D eigenvalue weighted by molar-refractivity contribution is 6.30. The SMILES string of the molecule is [N-]=[N+]=Nc1ncc(Cl)cc1C(F)(F)F. The fourth-order valence-electron chi connectivity index (χ4n) is 0.763. The molecule has 0 saturated heterocycles. The Morgan fingerprint density at radius 2 is 2.14 bits per heavy atom. The molecule has 8 heteroatoms. The van der Waals surface area contributed by atoms with E-state index in [1.165, 1.54) is 0 Å². The number of aromatic nitrogens is 1. The summed E-state index contributed by atoms with van der Waals surface area (Å²) in [6.07, 6.45) is -3.66. The van der Waals surface area contributed by atoms with Crippen LogP contribution in [0.5, 0.6) is 0 Å². The minimum atomic E-state index is -4.64. The highest BCUT2D eigenvalue weighted by Gasteiger charge is 2.34. The van der Waals surface area contributed by atoms with Crippen LogP contribution < -0.4 is 0 Å². The van der Waals surface area contributed by atoms with Crippen molar-refractivity contribution < 1.29 is 13.2 Å². The van der Waals surface area contributed by atoms with Gasteiger partial charge in [0.05, 0.1) is 10.6 Å². The summed E-state index contributed by atoms with van der Waals surface area (Å²) in [6, 6.07) is 0.651. The summed E-state index contributed by atoms with van der Waals surface area (Å²) in [7, 11) is 0. The minimum Gasteiger partial charge on any atom is -0.252 e. The molecule has 1 aromatic heterocycles. The summed E-state index contributed by atoms with van der Waals surface area (Å²) in [6.45, 7) is 0. The monoisotopic (exact) mass is 222 g/mol. The first-order chi connectivity index (χ1) is 6.45. The van der Waals surface area contributed by atoms with Crippen LogP contribution in [0, 0.1) is 0 Å². The van der Waals surface area contributed by atoms with Crippen molar-refractivity contribution in [1.29, 1.82) is 0 Å². The van der Waals surface area contributed by atoms with Crippen LogP contribution in [0.15, 0.2) is 17.4 Å². The second-order valence-electron chi connectivity index (χ2n) is 2.21. The molecule has 0 saturated carbocycles. The lowest BCUT2D eigenvalue weighted by Crippen LogP contribution is -2.05. The molecule has 0 aliphatic rings. The largest absolute Gasteiger partial charge is 0.418 e. The van der Waals surface area contributed by atoms with Gasteiger partial charge in [-0.05, 0) is 16.7 Å². The van der Waals surface area contributed by atoms with E-state index < -0.39 is 17.6 Å². The lowest BCUT2D eigenvalue weighted by atomic mass is 10.2. The Kier molecular flexibility index (Phi) is 2.83. The van der Waals surface area contributed by atoms with Gasteiger partial charge in [0.15, 0.2) is 0 Å². The van der Waals surface area contributed by atoms with E-state index in [-0.39, 0.29) is 5.02 Å². The van der Waals surface area contributed by atoms with Crippen LogP contribution in [0.2, 0.25) is 5.02 Å². The Labute approximate surface area is 80.9 Å². The van der Waals surface area contributed by atoms with Crippen LogP contribution in [0.25, 0.3) is 10.4 Å². The average Bonchev–Trinajstić information content (AvgIpc) is 2.07. The van der Waals surface area contributed by atoms with Crippen LogP contribution in [0.4, 0.5) is 19.0 Å². The zero-order chi connectivity index (χ0) is 10.8. The van der Waals surface area contributed by atoms with E-state index in [1.807, 2.05) is 0 Å². The molecule has 14 heavy (non-hydrogen) atoms. The zero-order valence-electron chi connectivity index (χ0n) is 6.46. The molecule has 0 amide bonds. The third kappa shape index (κ3) is 2.27. The molecular formula is C6H2ClF3N4. The number of nitrogens with zero attached hydrogens (tertiary/aromatic N) is 4. The maximum Gasteiger partial charge on any atom is 0.418 e. The van der Waals surface area contributed by atoms with Crippen LogP contribution in [-0.2, 0) is 6.18 Å². The molecule has 0 fully saturated rings. The van der Waals surface area contributed by atoms with Crippen LogP contribution in [0.1, 0.15) is 5.56 Å². The predicted molar refractivity (Wildman–Crippen MR) is 43.1 cm³/mol. The van der Waals surface area contributed by atoms with Gasteiger partial charge in [0.1, 0.15) is 5.82 Å². The summed E-state index contributed by atoms with van der Waals surface area (Å²) >= 11 is 5.33. The van der Waals surface area contributed by atoms with Gasteiger partial charge in [0.2, 0.25) is 0 Å². The van der Waals surface area contributed by atoms with Gasteiger partial charge in [0, 0.05) is 11.1 Å². The van der Waals surface area contributed by atoms with E-state index in [0.29, 0.717) is 6.07 Å². The maximum absolute atomic E-state index is 12.3. The number of halogens is 4. The Morgan fingerprint density at radius 1 is 1.50 bits per heavy atom. The van der Waals surface area contributed by atoms with E-state index in [4.69, 9.17) is 17.1 Å². The van der Waals surface area contributed by atoms with Crippen molar-refractivity contribution >= 4 is 17.4 Å². The number of alkyl halides is 3. The van der Waals surface area contributed by atoms with Gasteiger partial charge in [-0.1, -0.05) is 11.6 Å². The molecule has 1 heterocycles. The summed E-state index contributed by atoms with van der Waals surface area (Å²) in [5.41, 5.74) is 6.85. The molecule has 0 aromatic carbocycles. The van der Waals surface area contributed by atoms with Gasteiger partial charge in [-0.3, -0.25) is 4.98 Å². The van der Waals surface area contributed by atoms with Crippen LogP contribution in [0.3, 0.4) is 0 Å². The summed E-state index contributed by atoms with van der Waals surface area (Å²) in [5.74, 6) is -0.732.